The molecule has 1 heterocycles. The van der Waals surface area contributed by atoms with Crippen molar-refractivity contribution in [2.24, 2.45) is 17.8 Å². The summed E-state index contributed by atoms with van der Waals surface area (Å²) < 4.78 is 0. The minimum absolute atomic E-state index is 0.264. The second-order valence-electron chi connectivity index (χ2n) is 5.04. The lowest BCUT2D eigenvalue weighted by molar-refractivity contribution is -0.134. The summed E-state index contributed by atoms with van der Waals surface area (Å²) >= 11 is 5.73. The molecule has 0 aromatic heterocycles. The summed E-state index contributed by atoms with van der Waals surface area (Å²) in [4.78, 5) is 14.1. The van der Waals surface area contributed by atoms with Gasteiger partial charge in [-0.3, -0.25) is 4.79 Å². The van der Waals surface area contributed by atoms with Crippen LogP contribution in [0.25, 0.3) is 0 Å². The Hall–Kier alpha value is -0.240. The summed E-state index contributed by atoms with van der Waals surface area (Å²) in [7, 11) is 0. The topological polar surface area (TPSA) is 20.3 Å². The molecular weight excluding hydrogens is 210 g/mol. The van der Waals surface area contributed by atoms with Crippen LogP contribution in [0.5, 0.6) is 0 Å². The van der Waals surface area contributed by atoms with Crippen molar-refractivity contribution in [2.75, 3.05) is 19.0 Å². The summed E-state index contributed by atoms with van der Waals surface area (Å²) in [6.07, 6.45) is 4.72. The van der Waals surface area contributed by atoms with Crippen molar-refractivity contribution >= 4 is 17.5 Å². The Balaban J connectivity index is 1.81. The Morgan fingerprint density at radius 3 is 2.80 bits per heavy atom. The minimum atomic E-state index is 0.264. The first-order valence-electron chi connectivity index (χ1n) is 6.07. The van der Waals surface area contributed by atoms with Gasteiger partial charge in [0.15, 0.2) is 0 Å². The first kappa shape index (κ1) is 11.3. The molecule has 0 spiro atoms. The number of carbonyl (C=O) groups excluding carboxylic acids is 1. The van der Waals surface area contributed by atoms with Crippen LogP contribution >= 0.6 is 11.6 Å². The number of alkyl halides is 1. The van der Waals surface area contributed by atoms with E-state index in [0.29, 0.717) is 17.7 Å². The van der Waals surface area contributed by atoms with Gasteiger partial charge in [0.1, 0.15) is 0 Å². The van der Waals surface area contributed by atoms with Gasteiger partial charge in [0.25, 0.3) is 0 Å². The molecule has 1 aliphatic carbocycles. The fourth-order valence-corrected chi connectivity index (χ4v) is 2.82. The molecule has 1 saturated carbocycles. The SMILES string of the molecule is CC(C(=O)N1CCC(CCCl)C1)C1CC1. The molecule has 1 aliphatic heterocycles. The standard InChI is InChI=1S/C12H20ClNO/c1-9(11-2-3-11)12(15)14-7-5-10(8-14)4-6-13/h9-11H,2-8H2,1H3. The molecule has 0 radical (unpaired) electrons. The van der Waals surface area contributed by atoms with Gasteiger partial charge >= 0.3 is 0 Å². The molecule has 2 unspecified atom stereocenters. The highest BCUT2D eigenvalue weighted by Gasteiger charge is 2.36. The number of rotatable bonds is 4. The van der Waals surface area contributed by atoms with Crippen LogP contribution in [0, 0.1) is 17.8 Å². The minimum Gasteiger partial charge on any atom is -0.342 e. The van der Waals surface area contributed by atoms with Gasteiger partial charge in [-0.05, 0) is 37.5 Å². The molecule has 0 bridgehead atoms. The van der Waals surface area contributed by atoms with E-state index in [1.807, 2.05) is 0 Å². The van der Waals surface area contributed by atoms with E-state index in [1.54, 1.807) is 0 Å². The zero-order valence-electron chi connectivity index (χ0n) is 9.42. The fraction of sp³-hybridized carbons (Fsp3) is 0.917. The average Bonchev–Trinajstić information content (AvgIpc) is 2.98. The molecule has 2 rings (SSSR count). The third-order valence-corrected chi connectivity index (χ3v) is 4.05. The molecule has 2 aliphatic rings. The molecular formula is C12H20ClNO. The average molecular weight is 230 g/mol. The zero-order valence-corrected chi connectivity index (χ0v) is 10.2. The number of hydrogen-bond acceptors (Lipinski definition) is 1. The van der Waals surface area contributed by atoms with Gasteiger partial charge in [0.2, 0.25) is 5.91 Å². The molecule has 0 aromatic carbocycles. The van der Waals surface area contributed by atoms with Gasteiger partial charge in [0.05, 0.1) is 0 Å². The normalized spacial score (nSPS) is 28.1. The summed E-state index contributed by atoms with van der Waals surface area (Å²) in [6.45, 7) is 3.99. The van der Waals surface area contributed by atoms with Crippen LogP contribution in [-0.4, -0.2) is 29.8 Å². The van der Waals surface area contributed by atoms with E-state index in [4.69, 9.17) is 11.6 Å². The van der Waals surface area contributed by atoms with Crippen LogP contribution in [0.4, 0.5) is 0 Å². The van der Waals surface area contributed by atoms with E-state index in [1.165, 1.54) is 12.8 Å². The molecule has 3 heteroatoms. The molecule has 1 saturated heterocycles. The van der Waals surface area contributed by atoms with E-state index in [-0.39, 0.29) is 5.92 Å². The zero-order chi connectivity index (χ0) is 10.8. The van der Waals surface area contributed by atoms with Crippen LogP contribution in [0.3, 0.4) is 0 Å². The fourth-order valence-electron chi connectivity index (χ4n) is 2.51. The quantitative estimate of drug-likeness (QED) is 0.679. The van der Waals surface area contributed by atoms with E-state index in [2.05, 4.69) is 11.8 Å². The maximum atomic E-state index is 12.1. The van der Waals surface area contributed by atoms with Crippen molar-refractivity contribution in [2.45, 2.75) is 32.6 Å². The predicted molar refractivity (Wildman–Crippen MR) is 61.9 cm³/mol. The lowest BCUT2D eigenvalue weighted by Gasteiger charge is -2.20. The molecule has 1 amide bonds. The number of carbonyl (C=O) groups is 1. The van der Waals surface area contributed by atoms with Crippen molar-refractivity contribution in [3.8, 4) is 0 Å². The molecule has 2 nitrogen and oxygen atoms in total. The van der Waals surface area contributed by atoms with Gasteiger partial charge in [0, 0.05) is 24.9 Å². The summed E-state index contributed by atoms with van der Waals surface area (Å²) in [5.41, 5.74) is 0. The second-order valence-corrected chi connectivity index (χ2v) is 5.42. The maximum Gasteiger partial charge on any atom is 0.225 e. The summed E-state index contributed by atoms with van der Waals surface area (Å²) in [5, 5.41) is 0. The Morgan fingerprint density at radius 1 is 1.47 bits per heavy atom. The van der Waals surface area contributed by atoms with E-state index < -0.39 is 0 Å². The second kappa shape index (κ2) is 4.73. The predicted octanol–water partition coefficient (Wildman–Crippen LogP) is 2.51. The molecule has 2 fully saturated rings. The molecule has 0 N–H and O–H groups in total. The largest absolute Gasteiger partial charge is 0.342 e. The van der Waals surface area contributed by atoms with Gasteiger partial charge in [-0.15, -0.1) is 11.6 Å². The maximum absolute atomic E-state index is 12.1. The number of hydrogen-bond donors (Lipinski definition) is 0. The van der Waals surface area contributed by atoms with Gasteiger partial charge < -0.3 is 4.90 Å². The van der Waals surface area contributed by atoms with Crippen molar-refractivity contribution in [1.29, 1.82) is 0 Å². The van der Waals surface area contributed by atoms with Crippen molar-refractivity contribution in [1.82, 2.24) is 4.90 Å². The molecule has 86 valence electrons. The Bertz CT molecular complexity index is 240. The number of likely N-dealkylation sites (tertiary alicyclic amines) is 1. The van der Waals surface area contributed by atoms with Gasteiger partial charge in [-0.25, -0.2) is 0 Å². The molecule has 15 heavy (non-hydrogen) atoms. The number of amides is 1. The molecule has 0 aromatic rings. The van der Waals surface area contributed by atoms with E-state index >= 15 is 0 Å². The summed E-state index contributed by atoms with van der Waals surface area (Å²) in [6, 6.07) is 0. The first-order chi connectivity index (χ1) is 7.22. The lowest BCUT2D eigenvalue weighted by atomic mass is 10.0. The number of nitrogens with zero attached hydrogens (tertiary/aromatic N) is 1. The van der Waals surface area contributed by atoms with Crippen LogP contribution < -0.4 is 0 Å². The van der Waals surface area contributed by atoms with Crippen LogP contribution in [-0.2, 0) is 4.79 Å². The Kier molecular flexibility index (Phi) is 3.55. The van der Waals surface area contributed by atoms with E-state index in [9.17, 15) is 4.79 Å². The van der Waals surface area contributed by atoms with Crippen LogP contribution in [0.1, 0.15) is 32.6 Å². The Labute approximate surface area is 97.0 Å². The first-order valence-corrected chi connectivity index (χ1v) is 6.60. The number of halogens is 1. The van der Waals surface area contributed by atoms with Gasteiger partial charge in [-0.2, -0.15) is 0 Å². The third-order valence-electron chi connectivity index (χ3n) is 3.83. The van der Waals surface area contributed by atoms with Crippen molar-refractivity contribution in [3.05, 3.63) is 0 Å². The Morgan fingerprint density at radius 2 is 2.20 bits per heavy atom. The van der Waals surface area contributed by atoms with Gasteiger partial charge in [-0.1, -0.05) is 6.92 Å². The molecule has 2 atom stereocenters. The van der Waals surface area contributed by atoms with Crippen molar-refractivity contribution < 1.29 is 4.79 Å². The lowest BCUT2D eigenvalue weighted by Crippen LogP contribution is -2.34. The highest BCUT2D eigenvalue weighted by atomic mass is 35.5. The van der Waals surface area contributed by atoms with Crippen LogP contribution in [0.15, 0.2) is 0 Å². The van der Waals surface area contributed by atoms with Crippen molar-refractivity contribution in [3.63, 3.8) is 0 Å². The summed E-state index contributed by atoms with van der Waals surface area (Å²) in [5.74, 6) is 2.71. The third kappa shape index (κ3) is 2.66. The monoisotopic (exact) mass is 229 g/mol. The van der Waals surface area contributed by atoms with E-state index in [0.717, 1.165) is 31.8 Å². The smallest absolute Gasteiger partial charge is 0.225 e. The van der Waals surface area contributed by atoms with Crippen LogP contribution in [0.2, 0.25) is 0 Å². The highest BCUT2D eigenvalue weighted by molar-refractivity contribution is 6.17. The highest BCUT2D eigenvalue weighted by Crippen LogP contribution is 2.38.